The normalized spacial score (nSPS) is 19.6. The summed E-state index contributed by atoms with van der Waals surface area (Å²) in [6.07, 6.45) is 0.414. The molecule has 0 amide bonds. The Morgan fingerprint density at radius 1 is 1.67 bits per heavy atom. The van der Waals surface area contributed by atoms with Crippen LogP contribution in [0.1, 0.15) is 0 Å². The van der Waals surface area contributed by atoms with Crippen LogP contribution in [0.25, 0.3) is 0 Å². The number of hydrogen-bond acceptors (Lipinski definition) is 3. The van der Waals surface area contributed by atoms with E-state index < -0.39 is 0 Å². The zero-order valence-electron chi connectivity index (χ0n) is 8.24. The van der Waals surface area contributed by atoms with Gasteiger partial charge in [-0.1, -0.05) is 27.5 Å². The third kappa shape index (κ3) is 3.64. The van der Waals surface area contributed by atoms with Crippen LogP contribution < -0.4 is 0 Å². The van der Waals surface area contributed by atoms with Gasteiger partial charge in [-0.25, -0.2) is 4.31 Å². The van der Waals surface area contributed by atoms with Crippen LogP contribution in [0.3, 0.4) is 0 Å². The van der Waals surface area contributed by atoms with Gasteiger partial charge in [-0.05, 0) is 37.2 Å². The summed E-state index contributed by atoms with van der Waals surface area (Å²) in [5, 5.41) is 0.776. The second kappa shape index (κ2) is 5.06. The van der Waals surface area contributed by atoms with Crippen molar-refractivity contribution < 1.29 is 4.74 Å². The number of epoxide rings is 1. The summed E-state index contributed by atoms with van der Waals surface area (Å²) in [7, 11) is 2.05. The molecule has 0 aromatic heterocycles. The summed E-state index contributed by atoms with van der Waals surface area (Å²) < 4.78 is 8.32. The molecule has 1 aromatic carbocycles. The molecule has 1 heterocycles. The Labute approximate surface area is 107 Å². The van der Waals surface area contributed by atoms with Crippen molar-refractivity contribution >= 4 is 39.5 Å². The summed E-state index contributed by atoms with van der Waals surface area (Å²) in [6.45, 7) is 1.83. The summed E-state index contributed by atoms with van der Waals surface area (Å²) >= 11 is 11.2. The molecule has 2 rings (SSSR count). The maximum atomic E-state index is 6.12. The molecule has 1 aromatic rings. The molecule has 0 radical (unpaired) electrons. The summed E-state index contributed by atoms with van der Waals surface area (Å²) in [5.74, 6) is 0. The van der Waals surface area contributed by atoms with Crippen LogP contribution in [0.5, 0.6) is 0 Å². The molecular formula is C10H11BrClNOS. The van der Waals surface area contributed by atoms with Gasteiger partial charge in [-0.2, -0.15) is 0 Å². The first-order valence-electron chi connectivity index (χ1n) is 4.61. The molecule has 15 heavy (non-hydrogen) atoms. The maximum Gasteiger partial charge on any atom is 0.0945 e. The molecule has 1 fully saturated rings. The second-order valence-electron chi connectivity index (χ2n) is 3.43. The molecular weight excluding hydrogens is 298 g/mol. The number of hydrogen-bond donors (Lipinski definition) is 0. The Kier molecular flexibility index (Phi) is 3.96. The summed E-state index contributed by atoms with van der Waals surface area (Å²) in [6, 6.07) is 5.92. The lowest BCUT2D eigenvalue weighted by Crippen LogP contribution is -2.15. The van der Waals surface area contributed by atoms with Gasteiger partial charge in [0.2, 0.25) is 0 Å². The molecule has 0 bridgehead atoms. The fourth-order valence-electron chi connectivity index (χ4n) is 1.21. The van der Waals surface area contributed by atoms with E-state index in [2.05, 4.69) is 20.2 Å². The topological polar surface area (TPSA) is 15.8 Å². The van der Waals surface area contributed by atoms with Crippen LogP contribution in [-0.4, -0.2) is 30.6 Å². The highest BCUT2D eigenvalue weighted by Gasteiger charge is 2.24. The number of rotatable bonds is 4. The van der Waals surface area contributed by atoms with E-state index in [1.807, 2.05) is 25.2 Å². The van der Waals surface area contributed by atoms with E-state index in [1.54, 1.807) is 11.9 Å². The summed E-state index contributed by atoms with van der Waals surface area (Å²) in [4.78, 5) is 1.07. The highest BCUT2D eigenvalue weighted by molar-refractivity contribution is 9.10. The smallest absolute Gasteiger partial charge is 0.0945 e. The highest BCUT2D eigenvalue weighted by atomic mass is 79.9. The fourth-order valence-corrected chi connectivity index (χ4v) is 2.84. The zero-order chi connectivity index (χ0) is 10.8. The Morgan fingerprint density at radius 2 is 2.40 bits per heavy atom. The van der Waals surface area contributed by atoms with Crippen LogP contribution in [0.2, 0.25) is 5.02 Å². The number of benzene rings is 1. The molecule has 0 N–H and O–H groups in total. The van der Waals surface area contributed by atoms with Crippen molar-refractivity contribution in [2.24, 2.45) is 0 Å². The molecule has 5 heteroatoms. The molecule has 1 aliphatic heterocycles. The summed E-state index contributed by atoms with van der Waals surface area (Å²) in [5.41, 5.74) is 0. The first kappa shape index (κ1) is 11.7. The minimum atomic E-state index is 0.414. The van der Waals surface area contributed by atoms with Gasteiger partial charge in [0.1, 0.15) is 0 Å². The van der Waals surface area contributed by atoms with Gasteiger partial charge < -0.3 is 4.74 Å². The van der Waals surface area contributed by atoms with Crippen LogP contribution in [0.15, 0.2) is 27.6 Å². The van der Waals surface area contributed by atoms with E-state index >= 15 is 0 Å². The van der Waals surface area contributed by atoms with E-state index in [0.29, 0.717) is 6.10 Å². The zero-order valence-corrected chi connectivity index (χ0v) is 11.4. The molecule has 1 atom stereocenters. The fraction of sp³-hybridized carbons (Fsp3) is 0.400. The minimum Gasteiger partial charge on any atom is -0.372 e. The molecule has 0 aliphatic carbocycles. The van der Waals surface area contributed by atoms with Crippen molar-refractivity contribution in [3.05, 3.63) is 27.7 Å². The molecule has 0 unspecified atom stereocenters. The molecule has 1 aliphatic rings. The lowest BCUT2D eigenvalue weighted by Gasteiger charge is -2.14. The Hall–Kier alpha value is 0.260. The van der Waals surface area contributed by atoms with E-state index in [0.717, 1.165) is 27.5 Å². The van der Waals surface area contributed by atoms with Crippen molar-refractivity contribution in [1.29, 1.82) is 0 Å². The SMILES string of the molecule is CN(C[C@H]1CO1)Sc1ccc(Br)cc1Cl. The standard InChI is InChI=1S/C10H11BrClNOS/c1-13(5-8-6-14-8)15-10-3-2-7(11)4-9(10)12/h2-4,8H,5-6H2,1H3/t8-/m0/s1. The average molecular weight is 309 g/mol. The third-order valence-electron chi connectivity index (χ3n) is 2.01. The lowest BCUT2D eigenvalue weighted by molar-refractivity contribution is 0.373. The molecule has 2 nitrogen and oxygen atoms in total. The van der Waals surface area contributed by atoms with E-state index in [1.165, 1.54) is 0 Å². The molecule has 0 spiro atoms. The predicted molar refractivity (Wildman–Crippen MR) is 67.4 cm³/mol. The van der Waals surface area contributed by atoms with Crippen molar-refractivity contribution in [2.45, 2.75) is 11.0 Å². The first-order valence-corrected chi connectivity index (χ1v) is 6.55. The van der Waals surface area contributed by atoms with Gasteiger partial charge in [0, 0.05) is 15.9 Å². The van der Waals surface area contributed by atoms with Crippen molar-refractivity contribution in [3.8, 4) is 0 Å². The van der Waals surface area contributed by atoms with Crippen LogP contribution in [0.4, 0.5) is 0 Å². The second-order valence-corrected chi connectivity index (χ2v) is 6.00. The van der Waals surface area contributed by atoms with Crippen LogP contribution in [-0.2, 0) is 4.74 Å². The number of nitrogens with zero attached hydrogens (tertiary/aromatic N) is 1. The van der Waals surface area contributed by atoms with Crippen molar-refractivity contribution in [3.63, 3.8) is 0 Å². The third-order valence-corrected chi connectivity index (χ3v) is 3.94. The van der Waals surface area contributed by atoms with Crippen LogP contribution >= 0.6 is 39.5 Å². The van der Waals surface area contributed by atoms with Gasteiger partial charge in [0.15, 0.2) is 0 Å². The van der Waals surface area contributed by atoms with Gasteiger partial charge in [-0.15, -0.1) is 0 Å². The van der Waals surface area contributed by atoms with Gasteiger partial charge in [-0.3, -0.25) is 0 Å². The number of halogens is 2. The molecule has 1 saturated heterocycles. The number of ether oxygens (including phenoxy) is 1. The minimum absolute atomic E-state index is 0.414. The van der Waals surface area contributed by atoms with E-state index in [4.69, 9.17) is 16.3 Å². The quantitative estimate of drug-likeness (QED) is 0.626. The van der Waals surface area contributed by atoms with Gasteiger partial charge >= 0.3 is 0 Å². The first-order chi connectivity index (χ1) is 7.15. The van der Waals surface area contributed by atoms with Crippen LogP contribution in [0, 0.1) is 0 Å². The molecule has 82 valence electrons. The van der Waals surface area contributed by atoms with Crippen molar-refractivity contribution in [2.75, 3.05) is 20.2 Å². The maximum absolute atomic E-state index is 6.12. The van der Waals surface area contributed by atoms with E-state index in [-0.39, 0.29) is 0 Å². The Balaban J connectivity index is 1.96. The lowest BCUT2D eigenvalue weighted by atomic mass is 10.4. The Bertz CT molecular complexity index is 359. The average Bonchev–Trinajstić information content (AvgIpc) is 2.94. The number of likely N-dealkylation sites (N-methyl/N-ethyl adjacent to an activating group) is 1. The predicted octanol–water partition coefficient (Wildman–Crippen LogP) is 3.44. The largest absolute Gasteiger partial charge is 0.372 e. The van der Waals surface area contributed by atoms with Gasteiger partial charge in [0.25, 0.3) is 0 Å². The monoisotopic (exact) mass is 307 g/mol. The van der Waals surface area contributed by atoms with Gasteiger partial charge in [0.05, 0.1) is 17.7 Å². The molecule has 0 saturated carbocycles. The van der Waals surface area contributed by atoms with E-state index in [9.17, 15) is 0 Å². The Morgan fingerprint density at radius 3 is 3.00 bits per heavy atom. The van der Waals surface area contributed by atoms with Crippen molar-refractivity contribution in [1.82, 2.24) is 4.31 Å². The highest BCUT2D eigenvalue weighted by Crippen LogP contribution is 2.31.